The second-order valence-corrected chi connectivity index (χ2v) is 2.64. The zero-order valence-corrected chi connectivity index (χ0v) is 6.90. The normalized spacial score (nSPS) is 18.4. The molecule has 14 heavy (non-hydrogen) atoms. The second kappa shape index (κ2) is 2.91. The van der Waals surface area contributed by atoms with Crippen LogP contribution in [0.2, 0.25) is 0 Å². The first-order valence-electron chi connectivity index (χ1n) is 3.78. The van der Waals surface area contributed by atoms with Gasteiger partial charge in [-0.25, -0.2) is 4.79 Å². The maximum Gasteiger partial charge on any atom is 0.326 e. The third kappa shape index (κ3) is 1.45. The molecule has 1 saturated heterocycles. The monoisotopic (exact) mass is 194 g/mol. The smallest absolute Gasteiger partial charge is 0.326 e. The molecule has 2 heterocycles. The van der Waals surface area contributed by atoms with E-state index in [1.165, 1.54) is 18.2 Å². The zero-order valence-electron chi connectivity index (χ0n) is 6.90. The summed E-state index contributed by atoms with van der Waals surface area (Å²) in [5.74, 6) is -0.484. The predicted molar refractivity (Wildman–Crippen MR) is 45.0 cm³/mol. The van der Waals surface area contributed by atoms with Crippen molar-refractivity contribution in [2.75, 3.05) is 0 Å². The SMILES string of the molecule is O=C1NC(=O)/C(=C/c2ccc(O)o2)N1. The molecule has 0 saturated carbocycles. The number of amides is 3. The highest BCUT2D eigenvalue weighted by Crippen LogP contribution is 2.16. The van der Waals surface area contributed by atoms with Crippen LogP contribution in [-0.4, -0.2) is 17.0 Å². The molecular formula is C8H6N2O4. The lowest BCUT2D eigenvalue weighted by atomic mass is 10.3. The standard InChI is InChI=1S/C8H6N2O4/c11-6-2-1-4(14-6)3-5-7(12)10-8(13)9-5/h1-3,11H,(H2,9,10,12,13)/b5-3-. The molecule has 0 bridgehead atoms. The summed E-state index contributed by atoms with van der Waals surface area (Å²) in [5, 5.41) is 13.2. The van der Waals surface area contributed by atoms with Crippen LogP contribution < -0.4 is 10.6 Å². The van der Waals surface area contributed by atoms with Crippen molar-refractivity contribution >= 4 is 18.0 Å². The number of urea groups is 1. The molecule has 0 aromatic carbocycles. The minimum atomic E-state index is -0.572. The maximum atomic E-state index is 11.0. The highest BCUT2D eigenvalue weighted by atomic mass is 16.5. The number of carbonyl (C=O) groups excluding carboxylic acids is 2. The van der Waals surface area contributed by atoms with Crippen LogP contribution in [0, 0.1) is 0 Å². The number of nitrogens with one attached hydrogen (secondary N) is 2. The van der Waals surface area contributed by atoms with Gasteiger partial charge in [0.05, 0.1) is 0 Å². The molecule has 1 aliphatic rings. The van der Waals surface area contributed by atoms with Crippen LogP contribution in [-0.2, 0) is 4.79 Å². The summed E-state index contributed by atoms with van der Waals surface area (Å²) < 4.78 is 4.78. The Labute approximate surface area is 78.2 Å². The van der Waals surface area contributed by atoms with Gasteiger partial charge in [0, 0.05) is 12.1 Å². The number of hydrogen-bond acceptors (Lipinski definition) is 4. The van der Waals surface area contributed by atoms with E-state index in [2.05, 4.69) is 5.32 Å². The molecule has 1 aromatic rings. The predicted octanol–water partition coefficient (Wildman–Crippen LogP) is 0.165. The topological polar surface area (TPSA) is 91.6 Å². The molecule has 1 fully saturated rings. The van der Waals surface area contributed by atoms with Gasteiger partial charge in [0.2, 0.25) is 0 Å². The van der Waals surface area contributed by atoms with Crippen molar-refractivity contribution in [3.8, 4) is 5.95 Å². The quantitative estimate of drug-likeness (QED) is 0.438. The summed E-state index contributed by atoms with van der Waals surface area (Å²) in [4.78, 5) is 21.7. The fourth-order valence-electron chi connectivity index (χ4n) is 1.04. The van der Waals surface area contributed by atoms with Crippen molar-refractivity contribution in [1.82, 2.24) is 10.6 Å². The lowest BCUT2D eigenvalue weighted by molar-refractivity contribution is -0.115. The van der Waals surface area contributed by atoms with Gasteiger partial charge in [-0.1, -0.05) is 0 Å². The minimum absolute atomic E-state index is 0.0874. The van der Waals surface area contributed by atoms with Crippen LogP contribution in [0.5, 0.6) is 5.95 Å². The van der Waals surface area contributed by atoms with Gasteiger partial charge in [0.15, 0.2) is 0 Å². The van der Waals surface area contributed by atoms with Gasteiger partial charge in [-0.2, -0.15) is 0 Å². The van der Waals surface area contributed by atoms with Crippen LogP contribution in [0.25, 0.3) is 6.08 Å². The Balaban J connectivity index is 2.27. The number of hydrogen-bond donors (Lipinski definition) is 3. The molecular weight excluding hydrogens is 188 g/mol. The van der Waals surface area contributed by atoms with E-state index >= 15 is 0 Å². The number of furan rings is 1. The van der Waals surface area contributed by atoms with Gasteiger partial charge >= 0.3 is 6.03 Å². The van der Waals surface area contributed by atoms with Crippen molar-refractivity contribution in [1.29, 1.82) is 0 Å². The van der Waals surface area contributed by atoms with E-state index in [-0.39, 0.29) is 17.4 Å². The molecule has 0 unspecified atom stereocenters. The largest absolute Gasteiger partial charge is 0.481 e. The number of rotatable bonds is 1. The summed E-state index contributed by atoms with van der Waals surface area (Å²) in [6.45, 7) is 0. The first-order chi connectivity index (χ1) is 6.65. The molecule has 3 N–H and O–H groups in total. The fraction of sp³-hybridized carbons (Fsp3) is 0. The van der Waals surface area contributed by atoms with E-state index < -0.39 is 11.9 Å². The Hall–Kier alpha value is -2.24. The van der Waals surface area contributed by atoms with Gasteiger partial charge in [0.25, 0.3) is 11.9 Å². The Kier molecular flexibility index (Phi) is 1.74. The molecule has 0 radical (unpaired) electrons. The summed E-state index contributed by atoms with van der Waals surface area (Å²) in [6, 6.07) is 2.23. The Morgan fingerprint density at radius 1 is 1.29 bits per heavy atom. The van der Waals surface area contributed by atoms with Gasteiger partial charge < -0.3 is 14.8 Å². The van der Waals surface area contributed by atoms with Gasteiger partial charge in [-0.05, 0) is 6.07 Å². The molecule has 1 aromatic heterocycles. The van der Waals surface area contributed by atoms with Gasteiger partial charge in [0.1, 0.15) is 11.5 Å². The molecule has 6 nitrogen and oxygen atoms in total. The first kappa shape index (κ1) is 8.36. The van der Waals surface area contributed by atoms with Gasteiger partial charge in [-0.3, -0.25) is 10.1 Å². The summed E-state index contributed by atoms with van der Waals surface area (Å²) in [6.07, 6.45) is 1.32. The molecule has 6 heteroatoms. The van der Waals surface area contributed by atoms with Crippen LogP contribution in [0.1, 0.15) is 5.76 Å². The molecule has 0 spiro atoms. The Bertz CT molecular complexity index is 432. The third-order valence-electron chi connectivity index (χ3n) is 1.62. The van der Waals surface area contributed by atoms with E-state index in [4.69, 9.17) is 9.52 Å². The fourth-order valence-corrected chi connectivity index (χ4v) is 1.04. The lowest BCUT2D eigenvalue weighted by Crippen LogP contribution is -2.22. The molecule has 2 rings (SSSR count). The third-order valence-corrected chi connectivity index (χ3v) is 1.62. The summed E-state index contributed by atoms with van der Waals surface area (Å²) >= 11 is 0. The van der Waals surface area contributed by atoms with E-state index in [1.807, 2.05) is 5.32 Å². The van der Waals surface area contributed by atoms with Crippen LogP contribution in [0.4, 0.5) is 4.79 Å². The van der Waals surface area contributed by atoms with Gasteiger partial charge in [-0.15, -0.1) is 0 Å². The molecule has 72 valence electrons. The summed E-state index contributed by atoms with van der Waals surface area (Å²) in [7, 11) is 0. The number of carbonyl (C=O) groups is 2. The van der Waals surface area contributed by atoms with Crippen LogP contribution in [0.3, 0.4) is 0 Å². The molecule has 1 aliphatic heterocycles. The lowest BCUT2D eigenvalue weighted by Gasteiger charge is -1.90. The van der Waals surface area contributed by atoms with E-state index in [1.54, 1.807) is 0 Å². The molecule has 0 aliphatic carbocycles. The van der Waals surface area contributed by atoms with Crippen molar-refractivity contribution < 1.29 is 19.1 Å². The highest BCUT2D eigenvalue weighted by molar-refractivity contribution is 6.13. The minimum Gasteiger partial charge on any atom is -0.481 e. The Morgan fingerprint density at radius 3 is 2.57 bits per heavy atom. The van der Waals surface area contributed by atoms with Crippen LogP contribution in [0.15, 0.2) is 22.2 Å². The first-order valence-corrected chi connectivity index (χ1v) is 3.78. The van der Waals surface area contributed by atoms with E-state index in [0.717, 1.165) is 0 Å². The average molecular weight is 194 g/mol. The Morgan fingerprint density at radius 2 is 2.07 bits per heavy atom. The number of imide groups is 1. The van der Waals surface area contributed by atoms with Crippen molar-refractivity contribution in [3.05, 3.63) is 23.6 Å². The maximum absolute atomic E-state index is 11.0. The molecule has 0 atom stereocenters. The van der Waals surface area contributed by atoms with Crippen LogP contribution >= 0.6 is 0 Å². The molecule has 3 amide bonds. The summed E-state index contributed by atoms with van der Waals surface area (Å²) in [5.41, 5.74) is 0.0874. The van der Waals surface area contributed by atoms with Crippen molar-refractivity contribution in [2.24, 2.45) is 0 Å². The van der Waals surface area contributed by atoms with E-state index in [0.29, 0.717) is 0 Å². The van der Waals surface area contributed by atoms with Crippen molar-refractivity contribution in [3.63, 3.8) is 0 Å². The van der Waals surface area contributed by atoms with E-state index in [9.17, 15) is 9.59 Å². The zero-order chi connectivity index (χ0) is 10.1. The van der Waals surface area contributed by atoms with Crippen molar-refractivity contribution in [2.45, 2.75) is 0 Å². The second-order valence-electron chi connectivity index (χ2n) is 2.64. The highest BCUT2D eigenvalue weighted by Gasteiger charge is 2.23. The number of aromatic hydroxyl groups is 1. The average Bonchev–Trinajstić information content (AvgIpc) is 2.61.